The zero-order chi connectivity index (χ0) is 22.8. The molecule has 162 valence electrons. The van der Waals surface area contributed by atoms with E-state index in [-0.39, 0.29) is 17.2 Å². The van der Waals surface area contributed by atoms with Crippen molar-refractivity contribution in [1.29, 1.82) is 0 Å². The summed E-state index contributed by atoms with van der Waals surface area (Å²) >= 11 is 0. The standard InChI is InChI=1S/C27H25NO4/c1-17-8-6-11-22(26(17)30)28(23-12-7-9-18(2)27(23)31)21-10-4-5-13-25(21)32-20-14-15-24(29)19(3)16-20/h4-16,29-31H,1-3H3. The van der Waals surface area contributed by atoms with Crippen molar-refractivity contribution in [2.24, 2.45) is 0 Å². The lowest BCUT2D eigenvalue weighted by Crippen LogP contribution is -2.12. The monoisotopic (exact) mass is 427 g/mol. The van der Waals surface area contributed by atoms with Crippen LogP contribution in [0.4, 0.5) is 17.1 Å². The fraction of sp³-hybridized carbons (Fsp3) is 0.111. The molecule has 0 atom stereocenters. The summed E-state index contributed by atoms with van der Waals surface area (Å²) in [5.41, 5.74) is 3.80. The van der Waals surface area contributed by atoms with Gasteiger partial charge in [-0.2, -0.15) is 0 Å². The molecule has 0 aliphatic heterocycles. The number of hydrogen-bond acceptors (Lipinski definition) is 5. The van der Waals surface area contributed by atoms with E-state index in [1.54, 1.807) is 42.2 Å². The molecule has 4 aromatic carbocycles. The van der Waals surface area contributed by atoms with Gasteiger partial charge in [-0.25, -0.2) is 0 Å². The molecule has 0 saturated heterocycles. The average molecular weight is 428 g/mol. The van der Waals surface area contributed by atoms with E-state index in [0.29, 0.717) is 45.3 Å². The minimum Gasteiger partial charge on any atom is -0.508 e. The van der Waals surface area contributed by atoms with Crippen molar-refractivity contribution >= 4 is 17.1 Å². The maximum absolute atomic E-state index is 10.9. The largest absolute Gasteiger partial charge is 0.508 e. The topological polar surface area (TPSA) is 73.2 Å². The van der Waals surface area contributed by atoms with E-state index in [0.717, 1.165) is 0 Å². The summed E-state index contributed by atoms with van der Waals surface area (Å²) in [6.07, 6.45) is 0. The maximum atomic E-state index is 10.9. The summed E-state index contributed by atoms with van der Waals surface area (Å²) < 4.78 is 6.19. The first-order chi connectivity index (χ1) is 15.4. The van der Waals surface area contributed by atoms with Gasteiger partial charge in [-0.05, 0) is 79.9 Å². The van der Waals surface area contributed by atoms with Crippen LogP contribution in [0.2, 0.25) is 0 Å². The molecule has 0 aliphatic carbocycles. The van der Waals surface area contributed by atoms with E-state index in [9.17, 15) is 15.3 Å². The fourth-order valence-corrected chi connectivity index (χ4v) is 3.58. The zero-order valence-electron chi connectivity index (χ0n) is 18.2. The number of aryl methyl sites for hydroxylation is 3. The Morgan fingerprint density at radius 1 is 0.594 bits per heavy atom. The minimum absolute atomic E-state index is 0.115. The van der Waals surface area contributed by atoms with Crippen molar-refractivity contribution < 1.29 is 20.1 Å². The van der Waals surface area contributed by atoms with E-state index in [1.165, 1.54) is 0 Å². The van der Waals surface area contributed by atoms with Gasteiger partial charge >= 0.3 is 0 Å². The van der Waals surface area contributed by atoms with Crippen LogP contribution >= 0.6 is 0 Å². The van der Waals surface area contributed by atoms with Gasteiger partial charge in [0.1, 0.15) is 23.0 Å². The molecule has 4 rings (SSSR count). The van der Waals surface area contributed by atoms with Gasteiger partial charge in [0, 0.05) is 0 Å². The molecular formula is C27H25NO4. The average Bonchev–Trinajstić information content (AvgIpc) is 2.78. The number of phenols is 3. The smallest absolute Gasteiger partial charge is 0.151 e. The number of nitrogens with zero attached hydrogens (tertiary/aromatic N) is 1. The van der Waals surface area contributed by atoms with Gasteiger partial charge < -0.3 is 20.1 Å². The number of ether oxygens (including phenoxy) is 1. The highest BCUT2D eigenvalue weighted by atomic mass is 16.5. The molecule has 0 radical (unpaired) electrons. The summed E-state index contributed by atoms with van der Waals surface area (Å²) in [7, 11) is 0. The Labute approximate surface area is 187 Å². The summed E-state index contributed by atoms with van der Waals surface area (Å²) in [5, 5.41) is 31.7. The molecule has 3 N–H and O–H groups in total. The van der Waals surface area contributed by atoms with E-state index < -0.39 is 0 Å². The highest BCUT2D eigenvalue weighted by Crippen LogP contribution is 2.48. The highest BCUT2D eigenvalue weighted by molar-refractivity contribution is 5.86. The summed E-state index contributed by atoms with van der Waals surface area (Å²) in [5.74, 6) is 1.52. The number of para-hydroxylation sites is 4. The summed E-state index contributed by atoms with van der Waals surface area (Å²) in [6.45, 7) is 5.46. The quantitative estimate of drug-likeness (QED) is 0.320. The second-order valence-electron chi connectivity index (χ2n) is 7.74. The van der Waals surface area contributed by atoms with Crippen LogP contribution in [0.5, 0.6) is 28.7 Å². The predicted octanol–water partition coefficient (Wildman–Crippen LogP) is 6.99. The first-order valence-corrected chi connectivity index (χ1v) is 10.3. The van der Waals surface area contributed by atoms with Crippen LogP contribution in [0.15, 0.2) is 78.9 Å². The molecule has 0 aromatic heterocycles. The Balaban J connectivity index is 1.92. The van der Waals surface area contributed by atoms with Crippen LogP contribution in [0.25, 0.3) is 0 Å². The lowest BCUT2D eigenvalue weighted by molar-refractivity contribution is 0.459. The molecule has 5 heteroatoms. The Kier molecular flexibility index (Phi) is 5.65. The number of aromatic hydroxyl groups is 3. The van der Waals surface area contributed by atoms with E-state index in [2.05, 4.69) is 0 Å². The Hall–Kier alpha value is -4.12. The van der Waals surface area contributed by atoms with Gasteiger partial charge in [0.25, 0.3) is 0 Å². The number of rotatable bonds is 5. The molecule has 0 heterocycles. The van der Waals surface area contributed by atoms with Gasteiger partial charge in [-0.3, -0.25) is 4.90 Å². The van der Waals surface area contributed by atoms with Gasteiger partial charge in [0.05, 0.1) is 17.1 Å². The fourth-order valence-electron chi connectivity index (χ4n) is 3.58. The molecule has 32 heavy (non-hydrogen) atoms. The number of hydrogen-bond donors (Lipinski definition) is 3. The third-order valence-corrected chi connectivity index (χ3v) is 5.42. The van der Waals surface area contributed by atoms with E-state index in [1.807, 2.05) is 62.4 Å². The van der Waals surface area contributed by atoms with Gasteiger partial charge in [0.15, 0.2) is 5.75 Å². The van der Waals surface area contributed by atoms with Crippen molar-refractivity contribution in [3.63, 3.8) is 0 Å². The van der Waals surface area contributed by atoms with Crippen molar-refractivity contribution in [3.8, 4) is 28.7 Å². The van der Waals surface area contributed by atoms with Crippen molar-refractivity contribution in [3.05, 3.63) is 95.6 Å². The molecule has 0 bridgehead atoms. The summed E-state index contributed by atoms with van der Waals surface area (Å²) in [6, 6.07) is 23.4. The van der Waals surface area contributed by atoms with E-state index >= 15 is 0 Å². The Morgan fingerprint density at radius 3 is 1.75 bits per heavy atom. The second kappa shape index (κ2) is 8.55. The summed E-state index contributed by atoms with van der Waals surface area (Å²) in [4.78, 5) is 1.78. The van der Waals surface area contributed by atoms with Crippen molar-refractivity contribution in [1.82, 2.24) is 0 Å². The van der Waals surface area contributed by atoms with Crippen LogP contribution in [-0.2, 0) is 0 Å². The van der Waals surface area contributed by atoms with E-state index in [4.69, 9.17) is 4.74 Å². The second-order valence-corrected chi connectivity index (χ2v) is 7.74. The molecular weight excluding hydrogens is 402 g/mol. The number of phenolic OH excluding ortho intramolecular Hbond substituents is 3. The highest BCUT2D eigenvalue weighted by Gasteiger charge is 2.23. The first-order valence-electron chi connectivity index (χ1n) is 10.3. The van der Waals surface area contributed by atoms with Crippen molar-refractivity contribution in [2.45, 2.75) is 20.8 Å². The molecule has 0 fully saturated rings. The van der Waals surface area contributed by atoms with Crippen LogP contribution in [0.3, 0.4) is 0 Å². The minimum atomic E-state index is 0.115. The lowest BCUT2D eigenvalue weighted by Gasteiger charge is -2.29. The van der Waals surface area contributed by atoms with Gasteiger partial charge in [0.2, 0.25) is 0 Å². The maximum Gasteiger partial charge on any atom is 0.151 e. The third kappa shape index (κ3) is 3.93. The number of benzene rings is 4. The lowest BCUT2D eigenvalue weighted by atomic mass is 10.1. The molecule has 5 nitrogen and oxygen atoms in total. The van der Waals surface area contributed by atoms with Gasteiger partial charge in [-0.1, -0.05) is 36.4 Å². The van der Waals surface area contributed by atoms with Crippen LogP contribution < -0.4 is 9.64 Å². The van der Waals surface area contributed by atoms with Gasteiger partial charge in [-0.15, -0.1) is 0 Å². The third-order valence-electron chi connectivity index (χ3n) is 5.42. The van der Waals surface area contributed by atoms with Crippen LogP contribution in [-0.4, -0.2) is 15.3 Å². The molecule has 0 spiro atoms. The molecule has 0 aliphatic rings. The van der Waals surface area contributed by atoms with Crippen LogP contribution in [0, 0.1) is 20.8 Å². The molecule has 0 amide bonds. The Morgan fingerprint density at radius 2 is 1.16 bits per heavy atom. The molecule has 4 aromatic rings. The SMILES string of the molecule is Cc1cc(Oc2ccccc2N(c2cccc(C)c2O)c2cccc(C)c2O)ccc1O. The molecule has 0 unspecified atom stereocenters. The van der Waals surface area contributed by atoms with Crippen LogP contribution in [0.1, 0.15) is 16.7 Å². The first kappa shape index (κ1) is 21.1. The zero-order valence-corrected chi connectivity index (χ0v) is 18.2. The molecule has 0 saturated carbocycles. The predicted molar refractivity (Wildman–Crippen MR) is 127 cm³/mol. The van der Waals surface area contributed by atoms with Crippen molar-refractivity contribution in [2.75, 3.05) is 4.90 Å². The normalized spacial score (nSPS) is 10.7. The Bertz CT molecular complexity index is 1230. The number of anilines is 3.